The summed E-state index contributed by atoms with van der Waals surface area (Å²) in [5.74, 6) is -0.479. The maximum atomic E-state index is 15.0. The minimum atomic E-state index is -0.412. The van der Waals surface area contributed by atoms with Gasteiger partial charge in [0.25, 0.3) is 5.91 Å². The molecule has 0 aliphatic carbocycles. The summed E-state index contributed by atoms with van der Waals surface area (Å²) in [6.07, 6.45) is 3.29. The van der Waals surface area contributed by atoms with Crippen molar-refractivity contribution in [1.82, 2.24) is 19.9 Å². The number of aromatic amines is 1. The van der Waals surface area contributed by atoms with Crippen LogP contribution >= 0.6 is 0 Å². The molecule has 0 radical (unpaired) electrons. The van der Waals surface area contributed by atoms with Gasteiger partial charge in [0.2, 0.25) is 0 Å². The summed E-state index contributed by atoms with van der Waals surface area (Å²) in [6, 6.07) is 14.0. The second kappa shape index (κ2) is 7.68. The van der Waals surface area contributed by atoms with E-state index in [9.17, 15) is 4.79 Å². The molecule has 1 saturated heterocycles. The van der Waals surface area contributed by atoms with Gasteiger partial charge in [0.15, 0.2) is 5.65 Å². The van der Waals surface area contributed by atoms with Crippen LogP contribution in [-0.4, -0.2) is 52.1 Å². The number of carbonyl (C=O) groups excluding carboxylic acids is 1. The third kappa shape index (κ3) is 3.33. The quantitative estimate of drug-likeness (QED) is 0.564. The van der Waals surface area contributed by atoms with E-state index in [4.69, 9.17) is 4.74 Å². The highest BCUT2D eigenvalue weighted by molar-refractivity contribution is 6.01. The minimum Gasteiger partial charge on any atom is -0.378 e. The highest BCUT2D eigenvalue weighted by Crippen LogP contribution is 2.30. The van der Waals surface area contributed by atoms with E-state index in [0.29, 0.717) is 65.4 Å². The van der Waals surface area contributed by atoms with Crippen molar-refractivity contribution in [2.45, 2.75) is 0 Å². The number of hydrogen-bond donors (Lipinski definition) is 1. The van der Waals surface area contributed by atoms with Gasteiger partial charge < -0.3 is 14.6 Å². The fraction of sp³-hybridized carbons (Fsp3) is 0.174. The molecule has 2 aromatic heterocycles. The SMILES string of the molecule is O=C(c1ccccc1-c1ccc(-c2cnc3[nH]ccc3n2)c(F)c1)N1CCOCC1. The van der Waals surface area contributed by atoms with Gasteiger partial charge in [0.05, 0.1) is 25.1 Å². The molecule has 5 rings (SSSR count). The zero-order valence-electron chi connectivity index (χ0n) is 16.1. The molecule has 0 atom stereocenters. The third-order valence-corrected chi connectivity index (χ3v) is 5.27. The van der Waals surface area contributed by atoms with E-state index in [-0.39, 0.29) is 5.91 Å². The first-order valence-electron chi connectivity index (χ1n) is 9.77. The second-order valence-electron chi connectivity index (χ2n) is 7.11. The van der Waals surface area contributed by atoms with Gasteiger partial charge in [-0.2, -0.15) is 0 Å². The topological polar surface area (TPSA) is 71.1 Å². The van der Waals surface area contributed by atoms with Crippen LogP contribution in [0.4, 0.5) is 4.39 Å². The van der Waals surface area contributed by atoms with Crippen LogP contribution in [0, 0.1) is 5.82 Å². The van der Waals surface area contributed by atoms with E-state index < -0.39 is 5.82 Å². The Bertz CT molecular complexity index is 1230. The predicted molar refractivity (Wildman–Crippen MR) is 111 cm³/mol. The molecule has 1 N–H and O–H groups in total. The number of ether oxygens (including phenoxy) is 1. The van der Waals surface area contributed by atoms with E-state index in [0.717, 1.165) is 0 Å². The fourth-order valence-electron chi connectivity index (χ4n) is 3.71. The van der Waals surface area contributed by atoms with E-state index >= 15 is 4.39 Å². The van der Waals surface area contributed by atoms with Gasteiger partial charge in [0, 0.05) is 30.4 Å². The van der Waals surface area contributed by atoms with Crippen molar-refractivity contribution in [3.8, 4) is 22.4 Å². The van der Waals surface area contributed by atoms with Crippen LogP contribution in [0.2, 0.25) is 0 Å². The molecule has 1 fully saturated rings. The summed E-state index contributed by atoms with van der Waals surface area (Å²) in [5.41, 5.74) is 4.06. The van der Waals surface area contributed by atoms with E-state index in [1.54, 1.807) is 35.5 Å². The summed E-state index contributed by atoms with van der Waals surface area (Å²) in [5, 5.41) is 0. The number of carbonyl (C=O) groups is 1. The van der Waals surface area contributed by atoms with Gasteiger partial charge in [-0.1, -0.05) is 24.3 Å². The minimum absolute atomic E-state index is 0.0674. The van der Waals surface area contributed by atoms with Crippen molar-refractivity contribution in [2.24, 2.45) is 0 Å². The lowest BCUT2D eigenvalue weighted by Crippen LogP contribution is -2.40. The lowest BCUT2D eigenvalue weighted by atomic mass is 9.97. The van der Waals surface area contributed by atoms with Gasteiger partial charge >= 0.3 is 0 Å². The number of nitrogens with one attached hydrogen (secondary N) is 1. The number of hydrogen-bond acceptors (Lipinski definition) is 4. The molecule has 150 valence electrons. The van der Waals surface area contributed by atoms with E-state index in [1.165, 1.54) is 6.07 Å². The van der Waals surface area contributed by atoms with Gasteiger partial charge in [-0.3, -0.25) is 4.79 Å². The molecule has 0 saturated carbocycles. The molecule has 30 heavy (non-hydrogen) atoms. The van der Waals surface area contributed by atoms with Crippen molar-refractivity contribution in [3.05, 3.63) is 72.3 Å². The Hall–Kier alpha value is -3.58. The smallest absolute Gasteiger partial charge is 0.254 e. The van der Waals surface area contributed by atoms with Crippen LogP contribution < -0.4 is 0 Å². The molecule has 1 amide bonds. The molecule has 3 heterocycles. The highest BCUT2D eigenvalue weighted by atomic mass is 19.1. The Morgan fingerprint density at radius 3 is 2.73 bits per heavy atom. The Morgan fingerprint density at radius 1 is 1.07 bits per heavy atom. The Kier molecular flexibility index (Phi) is 4.72. The standard InChI is InChI=1S/C23H19FN4O2/c24-19-13-15(5-6-18(19)21-14-26-22-20(27-21)7-8-25-22)16-3-1-2-4-17(16)23(29)28-9-11-30-12-10-28/h1-8,13-14H,9-12H2,(H,25,26). The van der Waals surface area contributed by atoms with E-state index in [2.05, 4.69) is 15.0 Å². The number of H-pyrrole nitrogens is 1. The van der Waals surface area contributed by atoms with Gasteiger partial charge in [0.1, 0.15) is 11.3 Å². The number of rotatable bonds is 3. The highest BCUT2D eigenvalue weighted by Gasteiger charge is 2.22. The zero-order valence-corrected chi connectivity index (χ0v) is 16.1. The monoisotopic (exact) mass is 402 g/mol. The third-order valence-electron chi connectivity index (χ3n) is 5.27. The van der Waals surface area contributed by atoms with Crippen LogP contribution in [0.15, 0.2) is 60.9 Å². The molecule has 4 aromatic rings. The Morgan fingerprint density at radius 2 is 1.90 bits per heavy atom. The van der Waals surface area contributed by atoms with Gasteiger partial charge in [-0.05, 0) is 35.4 Å². The van der Waals surface area contributed by atoms with Gasteiger partial charge in [-0.15, -0.1) is 0 Å². The molecular weight excluding hydrogens is 383 g/mol. The molecule has 6 nitrogen and oxygen atoms in total. The zero-order chi connectivity index (χ0) is 20.5. The van der Waals surface area contributed by atoms with Gasteiger partial charge in [-0.25, -0.2) is 14.4 Å². The molecule has 2 aromatic carbocycles. The predicted octanol–water partition coefficient (Wildman–Crippen LogP) is 3.90. The van der Waals surface area contributed by atoms with Crippen molar-refractivity contribution in [3.63, 3.8) is 0 Å². The first-order valence-corrected chi connectivity index (χ1v) is 9.77. The van der Waals surface area contributed by atoms with Crippen LogP contribution in [0.5, 0.6) is 0 Å². The van der Waals surface area contributed by atoms with Crippen LogP contribution in [0.3, 0.4) is 0 Å². The largest absolute Gasteiger partial charge is 0.378 e. The number of morpholine rings is 1. The first kappa shape index (κ1) is 18.4. The molecule has 0 bridgehead atoms. The number of aromatic nitrogens is 3. The van der Waals surface area contributed by atoms with Crippen LogP contribution in [0.1, 0.15) is 10.4 Å². The van der Waals surface area contributed by atoms with Crippen molar-refractivity contribution in [2.75, 3.05) is 26.3 Å². The van der Waals surface area contributed by atoms with Crippen molar-refractivity contribution >= 4 is 17.1 Å². The van der Waals surface area contributed by atoms with Crippen molar-refractivity contribution < 1.29 is 13.9 Å². The maximum absolute atomic E-state index is 15.0. The average Bonchev–Trinajstić information content (AvgIpc) is 3.27. The number of nitrogens with zero attached hydrogens (tertiary/aromatic N) is 3. The molecule has 7 heteroatoms. The second-order valence-corrected chi connectivity index (χ2v) is 7.11. The Labute approximate surface area is 172 Å². The van der Waals surface area contributed by atoms with Crippen molar-refractivity contribution in [1.29, 1.82) is 0 Å². The number of halogens is 1. The summed E-state index contributed by atoms with van der Waals surface area (Å²) in [7, 11) is 0. The lowest BCUT2D eigenvalue weighted by Gasteiger charge is -2.27. The summed E-state index contributed by atoms with van der Waals surface area (Å²) >= 11 is 0. The maximum Gasteiger partial charge on any atom is 0.254 e. The molecule has 0 unspecified atom stereocenters. The lowest BCUT2D eigenvalue weighted by molar-refractivity contribution is 0.0303. The number of amides is 1. The fourth-order valence-corrected chi connectivity index (χ4v) is 3.71. The van der Waals surface area contributed by atoms with Crippen LogP contribution in [-0.2, 0) is 4.74 Å². The molecule has 1 aliphatic rings. The number of benzene rings is 2. The summed E-state index contributed by atoms with van der Waals surface area (Å²) < 4.78 is 20.4. The molecule has 1 aliphatic heterocycles. The summed E-state index contributed by atoms with van der Waals surface area (Å²) in [4.78, 5) is 26.5. The van der Waals surface area contributed by atoms with Crippen LogP contribution in [0.25, 0.3) is 33.5 Å². The molecule has 0 spiro atoms. The summed E-state index contributed by atoms with van der Waals surface area (Å²) in [6.45, 7) is 2.18. The van der Waals surface area contributed by atoms with E-state index in [1.807, 2.05) is 24.3 Å². The normalized spacial score (nSPS) is 14.2. The molecular formula is C23H19FN4O2. The number of fused-ring (bicyclic) bond motifs is 1. The Balaban J connectivity index is 1.51. The first-order chi connectivity index (χ1) is 14.7. The average molecular weight is 402 g/mol.